The summed E-state index contributed by atoms with van der Waals surface area (Å²) in [6, 6.07) is 5.01. The molecule has 0 atom stereocenters. The summed E-state index contributed by atoms with van der Waals surface area (Å²) >= 11 is 3.20. The number of nitrogens with zero attached hydrogens (tertiary/aromatic N) is 1. The second-order valence-electron chi connectivity index (χ2n) is 5.49. The maximum atomic E-state index is 13.9. The van der Waals surface area contributed by atoms with Crippen molar-refractivity contribution in [2.24, 2.45) is 0 Å². The van der Waals surface area contributed by atoms with Crippen LogP contribution in [0.3, 0.4) is 0 Å². The van der Waals surface area contributed by atoms with Gasteiger partial charge in [-0.15, -0.1) is 0 Å². The van der Waals surface area contributed by atoms with E-state index in [1.54, 1.807) is 20.8 Å². The predicted octanol–water partition coefficient (Wildman–Crippen LogP) is 4.98. The lowest BCUT2D eigenvalue weighted by atomic mass is 10.1. The lowest BCUT2D eigenvalue weighted by Gasteiger charge is -2.20. The molecule has 0 radical (unpaired) electrons. The molecule has 0 aliphatic heterocycles. The molecule has 1 aromatic heterocycles. The van der Waals surface area contributed by atoms with Crippen LogP contribution in [0.5, 0.6) is 0 Å². The molecule has 0 bridgehead atoms. The number of benzene rings is 1. The molecule has 0 aliphatic carbocycles. The van der Waals surface area contributed by atoms with Crippen LogP contribution in [-0.4, -0.2) is 16.3 Å². The Morgan fingerprint density at radius 2 is 1.81 bits per heavy atom. The Bertz CT molecular complexity index is 669. The fourth-order valence-corrected chi connectivity index (χ4v) is 2.25. The zero-order chi connectivity index (χ0) is 15.8. The second-order valence-corrected chi connectivity index (χ2v) is 6.41. The third-order valence-electron chi connectivity index (χ3n) is 2.60. The van der Waals surface area contributed by atoms with Crippen molar-refractivity contribution < 1.29 is 18.3 Å². The molecule has 0 saturated carbocycles. The highest BCUT2D eigenvalue weighted by Crippen LogP contribution is 2.30. The molecule has 2 aromatic rings. The van der Waals surface area contributed by atoms with Crippen LogP contribution in [0, 0.1) is 11.6 Å². The molecule has 6 heteroatoms. The van der Waals surface area contributed by atoms with Crippen LogP contribution >= 0.6 is 15.9 Å². The van der Waals surface area contributed by atoms with Gasteiger partial charge in [-0.3, -0.25) is 4.57 Å². The SMILES string of the molecule is CC(C)(C)OC(=O)n1cc(Br)cc1-c1c(F)cccc1F. The largest absolute Gasteiger partial charge is 0.443 e. The van der Waals surface area contributed by atoms with E-state index < -0.39 is 23.3 Å². The summed E-state index contributed by atoms with van der Waals surface area (Å²) in [6.07, 6.45) is 0.709. The van der Waals surface area contributed by atoms with Crippen molar-refractivity contribution in [2.45, 2.75) is 26.4 Å². The van der Waals surface area contributed by atoms with Crippen LogP contribution in [0.2, 0.25) is 0 Å². The molecule has 0 aliphatic rings. The smallest absolute Gasteiger partial charge is 0.419 e. The normalized spacial score (nSPS) is 11.5. The Hall–Kier alpha value is -1.69. The average Bonchev–Trinajstić information content (AvgIpc) is 2.69. The summed E-state index contributed by atoms with van der Waals surface area (Å²) < 4.78 is 34.6. The minimum atomic E-state index is -0.745. The summed E-state index contributed by atoms with van der Waals surface area (Å²) in [6.45, 7) is 5.15. The third kappa shape index (κ3) is 3.50. The van der Waals surface area contributed by atoms with Crippen molar-refractivity contribution in [3.8, 4) is 11.3 Å². The summed E-state index contributed by atoms with van der Waals surface area (Å²) in [4.78, 5) is 12.2. The molecule has 0 spiro atoms. The van der Waals surface area contributed by atoms with Gasteiger partial charge in [0.1, 0.15) is 17.2 Å². The van der Waals surface area contributed by atoms with E-state index >= 15 is 0 Å². The minimum absolute atomic E-state index is 0.0896. The van der Waals surface area contributed by atoms with Gasteiger partial charge in [-0.25, -0.2) is 13.6 Å². The van der Waals surface area contributed by atoms with Gasteiger partial charge < -0.3 is 4.74 Å². The van der Waals surface area contributed by atoms with Crippen LogP contribution in [0.1, 0.15) is 20.8 Å². The van der Waals surface area contributed by atoms with Crippen molar-refractivity contribution in [1.82, 2.24) is 4.57 Å². The first-order valence-corrected chi connectivity index (χ1v) is 7.04. The van der Waals surface area contributed by atoms with E-state index in [1.807, 2.05) is 0 Å². The van der Waals surface area contributed by atoms with Crippen molar-refractivity contribution in [2.75, 3.05) is 0 Å². The molecule has 112 valence electrons. The maximum absolute atomic E-state index is 13.9. The first kappa shape index (κ1) is 15.7. The summed E-state index contributed by atoms with van der Waals surface area (Å²) in [5.74, 6) is -1.49. The van der Waals surface area contributed by atoms with E-state index in [9.17, 15) is 13.6 Å². The number of rotatable bonds is 1. The van der Waals surface area contributed by atoms with Crippen LogP contribution in [0.15, 0.2) is 34.9 Å². The van der Waals surface area contributed by atoms with Crippen LogP contribution in [0.4, 0.5) is 13.6 Å². The third-order valence-corrected chi connectivity index (χ3v) is 3.03. The molecule has 2 rings (SSSR count). The van der Waals surface area contributed by atoms with Crippen LogP contribution in [0.25, 0.3) is 11.3 Å². The number of carbonyl (C=O) groups is 1. The van der Waals surface area contributed by atoms with Crippen molar-refractivity contribution in [3.05, 3.63) is 46.6 Å². The topological polar surface area (TPSA) is 31.2 Å². The predicted molar refractivity (Wildman–Crippen MR) is 79.1 cm³/mol. The van der Waals surface area contributed by atoms with Gasteiger partial charge in [0.15, 0.2) is 0 Å². The van der Waals surface area contributed by atoms with Gasteiger partial charge in [-0.1, -0.05) is 6.07 Å². The Morgan fingerprint density at radius 1 is 1.24 bits per heavy atom. The van der Waals surface area contributed by atoms with E-state index in [2.05, 4.69) is 15.9 Å². The number of carbonyl (C=O) groups excluding carboxylic acids is 1. The first-order chi connectivity index (χ1) is 9.69. The molecule has 0 saturated heterocycles. The van der Waals surface area contributed by atoms with E-state index in [-0.39, 0.29) is 11.3 Å². The number of ether oxygens (including phenoxy) is 1. The Kier molecular flexibility index (Phi) is 4.18. The molecule has 0 amide bonds. The molecule has 21 heavy (non-hydrogen) atoms. The fraction of sp³-hybridized carbons (Fsp3) is 0.267. The number of aromatic nitrogens is 1. The molecule has 3 nitrogen and oxygen atoms in total. The van der Waals surface area contributed by atoms with E-state index in [0.717, 1.165) is 16.7 Å². The van der Waals surface area contributed by atoms with E-state index in [4.69, 9.17) is 4.74 Å². The molecule has 0 N–H and O–H groups in total. The highest BCUT2D eigenvalue weighted by Gasteiger charge is 2.23. The number of hydrogen-bond acceptors (Lipinski definition) is 2. The van der Waals surface area contributed by atoms with Gasteiger partial charge >= 0.3 is 6.09 Å². The second kappa shape index (κ2) is 5.60. The van der Waals surface area contributed by atoms with Crippen LogP contribution in [-0.2, 0) is 4.74 Å². The van der Waals surface area contributed by atoms with Gasteiger partial charge in [0.05, 0.1) is 11.3 Å². The lowest BCUT2D eigenvalue weighted by molar-refractivity contribution is 0.0540. The fourth-order valence-electron chi connectivity index (χ4n) is 1.83. The maximum Gasteiger partial charge on any atom is 0.419 e. The van der Waals surface area contributed by atoms with Gasteiger partial charge in [0.2, 0.25) is 0 Å². The monoisotopic (exact) mass is 357 g/mol. The van der Waals surface area contributed by atoms with Crippen molar-refractivity contribution in [1.29, 1.82) is 0 Å². The average molecular weight is 358 g/mol. The highest BCUT2D eigenvalue weighted by molar-refractivity contribution is 9.10. The first-order valence-electron chi connectivity index (χ1n) is 6.24. The van der Waals surface area contributed by atoms with Gasteiger partial charge in [0.25, 0.3) is 0 Å². The Labute approximate surface area is 129 Å². The quantitative estimate of drug-likeness (QED) is 0.720. The molecule has 0 fully saturated rings. The summed E-state index contributed by atoms with van der Waals surface area (Å²) in [5, 5.41) is 0. The molecular weight excluding hydrogens is 344 g/mol. The highest BCUT2D eigenvalue weighted by atomic mass is 79.9. The summed E-state index contributed by atoms with van der Waals surface area (Å²) in [7, 11) is 0. The number of hydrogen-bond donors (Lipinski definition) is 0. The zero-order valence-electron chi connectivity index (χ0n) is 11.8. The van der Waals surface area contributed by atoms with E-state index in [1.165, 1.54) is 18.3 Å². The Morgan fingerprint density at radius 3 is 2.33 bits per heavy atom. The molecular formula is C15H14BrF2NO2. The molecule has 1 heterocycles. The van der Waals surface area contributed by atoms with Crippen molar-refractivity contribution in [3.63, 3.8) is 0 Å². The lowest BCUT2D eigenvalue weighted by Crippen LogP contribution is -2.27. The Balaban J connectivity index is 2.54. The molecule has 1 aromatic carbocycles. The van der Waals surface area contributed by atoms with Gasteiger partial charge in [-0.05, 0) is 54.9 Å². The molecule has 0 unspecified atom stereocenters. The number of halogens is 3. The van der Waals surface area contributed by atoms with E-state index in [0.29, 0.717) is 4.47 Å². The van der Waals surface area contributed by atoms with Crippen LogP contribution < -0.4 is 0 Å². The van der Waals surface area contributed by atoms with Gasteiger partial charge in [-0.2, -0.15) is 0 Å². The van der Waals surface area contributed by atoms with Crippen molar-refractivity contribution >= 4 is 22.0 Å². The zero-order valence-corrected chi connectivity index (χ0v) is 13.4. The summed E-state index contributed by atoms with van der Waals surface area (Å²) in [5.41, 5.74) is -0.889. The van der Waals surface area contributed by atoms with Gasteiger partial charge in [0, 0.05) is 10.7 Å². The standard InChI is InChI=1S/C15H14BrF2NO2/c1-15(2,3)21-14(20)19-8-9(16)7-12(19)13-10(17)5-4-6-11(13)18/h4-8H,1-3H3. The minimum Gasteiger partial charge on any atom is -0.443 e.